The van der Waals surface area contributed by atoms with Crippen molar-refractivity contribution in [3.05, 3.63) is 66.0 Å². The van der Waals surface area contributed by atoms with Gasteiger partial charge in [0.15, 0.2) is 6.61 Å². The van der Waals surface area contributed by atoms with Gasteiger partial charge >= 0.3 is 6.03 Å². The molecule has 2 aromatic rings. The molecule has 1 unspecified atom stereocenters. The van der Waals surface area contributed by atoms with Crippen LogP contribution in [0.25, 0.3) is 0 Å². The van der Waals surface area contributed by atoms with Crippen LogP contribution in [0.3, 0.4) is 0 Å². The van der Waals surface area contributed by atoms with E-state index in [1.807, 2.05) is 6.07 Å². The standard InChI is InChI=1S/C18H19FN4O4/c19-13-6-8-14(9-7-13)27-11-16(24)22-23-17(25)15(21-18(20)26)10-12-4-2-1-3-5-12/h1-9,15H,10-11H2,(H,22,24)(H,23,25)(H3,20,21,26). The Morgan fingerprint density at radius 3 is 2.30 bits per heavy atom. The van der Waals surface area contributed by atoms with Crippen LogP contribution in [0, 0.1) is 5.82 Å². The molecule has 2 aromatic carbocycles. The molecule has 0 aromatic heterocycles. The number of ether oxygens (including phenoxy) is 1. The normalized spacial score (nSPS) is 11.1. The van der Waals surface area contributed by atoms with Crippen LogP contribution in [0.15, 0.2) is 54.6 Å². The minimum absolute atomic E-state index is 0.192. The number of hydrogen-bond acceptors (Lipinski definition) is 4. The van der Waals surface area contributed by atoms with Crippen molar-refractivity contribution >= 4 is 17.8 Å². The van der Waals surface area contributed by atoms with Crippen molar-refractivity contribution in [1.82, 2.24) is 16.2 Å². The van der Waals surface area contributed by atoms with Gasteiger partial charge in [0.2, 0.25) is 0 Å². The molecular formula is C18H19FN4O4. The highest BCUT2D eigenvalue weighted by molar-refractivity contribution is 5.88. The Morgan fingerprint density at radius 2 is 1.67 bits per heavy atom. The number of hydrazine groups is 1. The van der Waals surface area contributed by atoms with E-state index in [0.717, 1.165) is 5.56 Å². The highest BCUT2D eigenvalue weighted by atomic mass is 19.1. The lowest BCUT2D eigenvalue weighted by Crippen LogP contribution is -2.54. The number of nitrogens with one attached hydrogen (secondary N) is 3. The molecule has 0 saturated heterocycles. The van der Waals surface area contributed by atoms with E-state index in [1.54, 1.807) is 24.3 Å². The van der Waals surface area contributed by atoms with Gasteiger partial charge in [-0.05, 0) is 29.8 Å². The van der Waals surface area contributed by atoms with Crippen molar-refractivity contribution in [1.29, 1.82) is 0 Å². The van der Waals surface area contributed by atoms with Crippen LogP contribution in [0.1, 0.15) is 5.56 Å². The van der Waals surface area contributed by atoms with Gasteiger partial charge in [0.05, 0.1) is 0 Å². The van der Waals surface area contributed by atoms with E-state index in [1.165, 1.54) is 24.3 Å². The number of urea groups is 1. The first-order chi connectivity index (χ1) is 12.9. The first-order valence-electron chi connectivity index (χ1n) is 8.01. The van der Waals surface area contributed by atoms with Crippen LogP contribution in [-0.2, 0) is 16.0 Å². The van der Waals surface area contributed by atoms with Gasteiger partial charge in [-0.15, -0.1) is 0 Å². The molecule has 142 valence electrons. The zero-order valence-electron chi connectivity index (χ0n) is 14.3. The summed E-state index contributed by atoms with van der Waals surface area (Å²) in [5, 5.41) is 2.32. The van der Waals surface area contributed by atoms with E-state index < -0.39 is 36.3 Å². The fourth-order valence-corrected chi connectivity index (χ4v) is 2.17. The third kappa shape index (κ3) is 7.02. The van der Waals surface area contributed by atoms with Crippen molar-refractivity contribution in [3.8, 4) is 5.75 Å². The van der Waals surface area contributed by atoms with Crippen LogP contribution in [-0.4, -0.2) is 30.5 Å². The van der Waals surface area contributed by atoms with E-state index >= 15 is 0 Å². The number of carbonyl (C=O) groups excluding carboxylic acids is 3. The number of benzene rings is 2. The molecule has 0 radical (unpaired) electrons. The third-order valence-electron chi connectivity index (χ3n) is 3.42. The minimum atomic E-state index is -0.969. The summed E-state index contributed by atoms with van der Waals surface area (Å²) in [5.74, 6) is -1.40. The molecule has 0 aliphatic rings. The fraction of sp³-hybridized carbons (Fsp3) is 0.167. The maximum absolute atomic E-state index is 12.8. The lowest BCUT2D eigenvalue weighted by atomic mass is 10.1. The number of halogens is 1. The van der Waals surface area contributed by atoms with Gasteiger partial charge in [0.25, 0.3) is 11.8 Å². The number of nitrogens with two attached hydrogens (primary N) is 1. The van der Waals surface area contributed by atoms with E-state index in [9.17, 15) is 18.8 Å². The molecule has 5 N–H and O–H groups in total. The topological polar surface area (TPSA) is 123 Å². The quantitative estimate of drug-likeness (QED) is 0.531. The molecule has 4 amide bonds. The smallest absolute Gasteiger partial charge is 0.312 e. The van der Waals surface area contributed by atoms with Gasteiger partial charge in [-0.3, -0.25) is 20.4 Å². The third-order valence-corrected chi connectivity index (χ3v) is 3.42. The van der Waals surface area contributed by atoms with Gasteiger partial charge in [-0.25, -0.2) is 9.18 Å². The van der Waals surface area contributed by atoms with E-state index in [4.69, 9.17) is 10.5 Å². The molecule has 0 aliphatic carbocycles. The average molecular weight is 374 g/mol. The largest absolute Gasteiger partial charge is 0.484 e. The van der Waals surface area contributed by atoms with Gasteiger partial charge in [-0.2, -0.15) is 0 Å². The lowest BCUT2D eigenvalue weighted by Gasteiger charge is -2.17. The molecule has 0 saturated carbocycles. The molecule has 0 aliphatic heterocycles. The molecule has 0 bridgehead atoms. The molecule has 2 rings (SSSR count). The Bertz CT molecular complexity index is 784. The molecule has 27 heavy (non-hydrogen) atoms. The number of amides is 4. The second-order valence-electron chi connectivity index (χ2n) is 5.53. The van der Waals surface area contributed by atoms with Crippen LogP contribution >= 0.6 is 0 Å². The van der Waals surface area contributed by atoms with Crippen molar-refractivity contribution in [3.63, 3.8) is 0 Å². The average Bonchev–Trinajstić information content (AvgIpc) is 2.65. The predicted molar refractivity (Wildman–Crippen MR) is 94.8 cm³/mol. The van der Waals surface area contributed by atoms with Crippen molar-refractivity contribution in [2.24, 2.45) is 5.73 Å². The van der Waals surface area contributed by atoms with E-state index in [-0.39, 0.29) is 6.42 Å². The van der Waals surface area contributed by atoms with Crippen molar-refractivity contribution in [2.45, 2.75) is 12.5 Å². The Balaban J connectivity index is 1.83. The monoisotopic (exact) mass is 374 g/mol. The summed E-state index contributed by atoms with van der Waals surface area (Å²) >= 11 is 0. The maximum Gasteiger partial charge on any atom is 0.312 e. The first-order valence-corrected chi connectivity index (χ1v) is 8.01. The maximum atomic E-state index is 12.8. The second kappa shape index (κ2) is 9.76. The van der Waals surface area contributed by atoms with Crippen LogP contribution in [0.4, 0.5) is 9.18 Å². The van der Waals surface area contributed by atoms with Gasteiger partial charge in [-0.1, -0.05) is 30.3 Å². The summed E-state index contributed by atoms with van der Waals surface area (Å²) in [7, 11) is 0. The number of carbonyl (C=O) groups is 3. The molecule has 1 atom stereocenters. The summed E-state index contributed by atoms with van der Waals surface area (Å²) in [5.41, 5.74) is 10.3. The predicted octanol–water partition coefficient (Wildman–Crippen LogP) is 0.631. The van der Waals surface area contributed by atoms with Crippen molar-refractivity contribution in [2.75, 3.05) is 6.61 Å². The summed E-state index contributed by atoms with van der Waals surface area (Å²) in [6, 6.07) is 12.3. The van der Waals surface area contributed by atoms with Crippen LogP contribution < -0.4 is 26.6 Å². The second-order valence-corrected chi connectivity index (χ2v) is 5.53. The highest BCUT2D eigenvalue weighted by Gasteiger charge is 2.20. The minimum Gasteiger partial charge on any atom is -0.484 e. The molecule has 0 fully saturated rings. The SMILES string of the molecule is NC(=O)NC(Cc1ccccc1)C(=O)NNC(=O)COc1ccc(F)cc1. The Kier molecular flexibility index (Phi) is 7.12. The molecule has 9 heteroatoms. The first kappa shape index (κ1) is 19.7. The van der Waals surface area contributed by atoms with Gasteiger partial charge < -0.3 is 15.8 Å². The van der Waals surface area contributed by atoms with Crippen molar-refractivity contribution < 1.29 is 23.5 Å². The summed E-state index contributed by atoms with van der Waals surface area (Å²) in [4.78, 5) is 35.1. The molecule has 0 spiro atoms. The van der Waals surface area contributed by atoms with Crippen LogP contribution in [0.5, 0.6) is 5.75 Å². The molecule has 8 nitrogen and oxygen atoms in total. The molecular weight excluding hydrogens is 355 g/mol. The van der Waals surface area contributed by atoms with Crippen LogP contribution in [0.2, 0.25) is 0 Å². The summed E-state index contributed by atoms with van der Waals surface area (Å²) in [6.45, 7) is -0.390. The number of rotatable bonds is 7. The van der Waals surface area contributed by atoms with Gasteiger partial charge in [0, 0.05) is 6.42 Å². The van der Waals surface area contributed by atoms with E-state index in [2.05, 4.69) is 16.2 Å². The highest BCUT2D eigenvalue weighted by Crippen LogP contribution is 2.10. The summed E-state index contributed by atoms with van der Waals surface area (Å²) < 4.78 is 18.0. The zero-order valence-corrected chi connectivity index (χ0v) is 14.3. The Morgan fingerprint density at radius 1 is 1.00 bits per heavy atom. The Hall–Kier alpha value is -3.62. The summed E-state index contributed by atoms with van der Waals surface area (Å²) in [6.07, 6.45) is 0.192. The van der Waals surface area contributed by atoms with E-state index in [0.29, 0.717) is 5.75 Å². The molecule has 0 heterocycles. The zero-order chi connectivity index (χ0) is 19.6. The van der Waals surface area contributed by atoms with Gasteiger partial charge in [0.1, 0.15) is 17.6 Å². The fourth-order valence-electron chi connectivity index (χ4n) is 2.17. The number of hydrogen-bond donors (Lipinski definition) is 4. The lowest BCUT2D eigenvalue weighted by molar-refractivity contribution is -0.130. The number of primary amides is 1. The Labute approximate surface area is 154 Å².